The van der Waals surface area contributed by atoms with E-state index in [9.17, 15) is 26.3 Å². The molecule has 0 aromatic heterocycles. The van der Waals surface area contributed by atoms with E-state index >= 15 is 0 Å². The monoisotopic (exact) mass is 228 g/mol. The lowest BCUT2D eigenvalue weighted by atomic mass is 10.0. The van der Waals surface area contributed by atoms with Gasteiger partial charge in [-0.15, -0.1) is 0 Å². The molecule has 0 bridgehead atoms. The molecule has 0 aromatic carbocycles. The number of allylic oxidation sites excluding steroid dienone is 6. The summed E-state index contributed by atoms with van der Waals surface area (Å²) < 4.78 is 73.0. The van der Waals surface area contributed by atoms with E-state index in [0.29, 0.717) is 0 Å². The normalized spacial score (nSPS) is 17.1. The third-order valence-electron chi connectivity index (χ3n) is 1.77. The maximum absolute atomic E-state index is 12.2. The number of halogens is 6. The van der Waals surface area contributed by atoms with Crippen LogP contribution in [0.3, 0.4) is 0 Å². The first-order chi connectivity index (χ1) is 6.73. The standard InChI is InChI=1S/C9H6F6/c10-8(11,12)7(9(13,14)15)6-4-2-1-3-5-6/h1-4H,5H2. The Morgan fingerprint density at radius 2 is 1.47 bits per heavy atom. The lowest BCUT2D eigenvalue weighted by Gasteiger charge is -2.18. The van der Waals surface area contributed by atoms with Crippen molar-refractivity contribution in [3.8, 4) is 0 Å². The fourth-order valence-electron chi connectivity index (χ4n) is 1.22. The highest BCUT2D eigenvalue weighted by Gasteiger charge is 2.52. The quantitative estimate of drug-likeness (QED) is 0.551. The zero-order valence-corrected chi connectivity index (χ0v) is 7.28. The van der Waals surface area contributed by atoms with Crippen molar-refractivity contribution in [3.63, 3.8) is 0 Å². The van der Waals surface area contributed by atoms with Gasteiger partial charge in [0.15, 0.2) is 0 Å². The zero-order valence-electron chi connectivity index (χ0n) is 7.28. The van der Waals surface area contributed by atoms with Crippen LogP contribution < -0.4 is 0 Å². The SMILES string of the molecule is FC(F)(F)C(=C1C=CC=CC1)C(F)(F)F. The predicted octanol–water partition coefficient (Wildman–Crippen LogP) is 3.92. The summed E-state index contributed by atoms with van der Waals surface area (Å²) in [5.74, 6) is 0. The third-order valence-corrected chi connectivity index (χ3v) is 1.77. The van der Waals surface area contributed by atoms with Gasteiger partial charge in [0.05, 0.1) is 0 Å². The van der Waals surface area contributed by atoms with Crippen molar-refractivity contribution in [3.05, 3.63) is 35.5 Å². The van der Waals surface area contributed by atoms with Gasteiger partial charge in [-0.05, 0) is 12.0 Å². The first-order valence-corrected chi connectivity index (χ1v) is 3.93. The van der Waals surface area contributed by atoms with Crippen LogP contribution >= 0.6 is 0 Å². The molecule has 6 heteroatoms. The number of alkyl halides is 6. The van der Waals surface area contributed by atoms with Crippen molar-refractivity contribution < 1.29 is 26.3 Å². The van der Waals surface area contributed by atoms with E-state index in [1.807, 2.05) is 0 Å². The molecule has 0 spiro atoms. The lowest BCUT2D eigenvalue weighted by molar-refractivity contribution is -0.172. The Kier molecular flexibility index (Phi) is 2.97. The smallest absolute Gasteiger partial charge is 0.166 e. The topological polar surface area (TPSA) is 0 Å². The molecule has 0 unspecified atom stereocenters. The summed E-state index contributed by atoms with van der Waals surface area (Å²) in [4.78, 5) is 0. The molecule has 1 rings (SSSR count). The van der Waals surface area contributed by atoms with Crippen molar-refractivity contribution in [2.24, 2.45) is 0 Å². The Labute approximate surface area is 81.6 Å². The van der Waals surface area contributed by atoms with E-state index in [2.05, 4.69) is 0 Å². The molecular weight excluding hydrogens is 222 g/mol. The molecule has 0 heterocycles. The number of hydrogen-bond donors (Lipinski definition) is 0. The van der Waals surface area contributed by atoms with Gasteiger partial charge < -0.3 is 0 Å². The second kappa shape index (κ2) is 3.75. The minimum absolute atomic E-state index is 0.356. The third kappa shape index (κ3) is 2.87. The van der Waals surface area contributed by atoms with E-state index in [1.54, 1.807) is 0 Å². The van der Waals surface area contributed by atoms with Gasteiger partial charge in [0.1, 0.15) is 5.57 Å². The minimum atomic E-state index is -5.37. The maximum Gasteiger partial charge on any atom is 0.421 e. The summed E-state index contributed by atoms with van der Waals surface area (Å²) in [5, 5.41) is 0. The van der Waals surface area contributed by atoms with Crippen LogP contribution in [-0.4, -0.2) is 12.4 Å². The Bertz CT molecular complexity index is 309. The van der Waals surface area contributed by atoms with Crippen molar-refractivity contribution in [2.75, 3.05) is 0 Å². The molecule has 0 aliphatic heterocycles. The molecular formula is C9H6F6. The van der Waals surface area contributed by atoms with Gasteiger partial charge in [0.25, 0.3) is 0 Å². The molecule has 84 valence electrons. The summed E-state index contributed by atoms with van der Waals surface area (Å²) in [5.41, 5.74) is -3.17. The van der Waals surface area contributed by atoms with Gasteiger partial charge in [-0.2, -0.15) is 26.3 Å². The van der Waals surface area contributed by atoms with Crippen LogP contribution in [0.5, 0.6) is 0 Å². The Balaban J connectivity index is 3.23. The van der Waals surface area contributed by atoms with Gasteiger partial charge in [0, 0.05) is 0 Å². The van der Waals surface area contributed by atoms with Crippen LogP contribution in [-0.2, 0) is 0 Å². The van der Waals surface area contributed by atoms with Gasteiger partial charge in [-0.3, -0.25) is 0 Å². The van der Waals surface area contributed by atoms with Gasteiger partial charge in [-0.25, -0.2) is 0 Å². The predicted molar refractivity (Wildman–Crippen MR) is 42.0 cm³/mol. The minimum Gasteiger partial charge on any atom is -0.166 e. The fraction of sp³-hybridized carbons (Fsp3) is 0.333. The van der Waals surface area contributed by atoms with Gasteiger partial charge in [0.2, 0.25) is 0 Å². The summed E-state index contributed by atoms with van der Waals surface area (Å²) in [7, 11) is 0. The van der Waals surface area contributed by atoms with Crippen molar-refractivity contribution in [1.82, 2.24) is 0 Å². The molecule has 0 N–H and O–H groups in total. The summed E-state index contributed by atoms with van der Waals surface area (Å²) in [6.45, 7) is 0. The fourth-order valence-corrected chi connectivity index (χ4v) is 1.22. The largest absolute Gasteiger partial charge is 0.421 e. The molecule has 0 saturated heterocycles. The zero-order chi connectivity index (χ0) is 11.7. The molecule has 1 aliphatic rings. The summed E-state index contributed by atoms with van der Waals surface area (Å²) in [6.07, 6.45) is -6.48. The molecule has 0 radical (unpaired) electrons. The second-order valence-electron chi connectivity index (χ2n) is 2.89. The Morgan fingerprint density at radius 1 is 0.933 bits per heavy atom. The summed E-state index contributed by atoms with van der Waals surface area (Å²) >= 11 is 0. The molecule has 0 saturated carbocycles. The average Bonchev–Trinajstić information content (AvgIpc) is 2.00. The average molecular weight is 228 g/mol. The van der Waals surface area contributed by atoms with E-state index in [-0.39, 0.29) is 6.42 Å². The van der Waals surface area contributed by atoms with E-state index in [1.165, 1.54) is 12.2 Å². The lowest BCUT2D eigenvalue weighted by Crippen LogP contribution is -2.28. The highest BCUT2D eigenvalue weighted by molar-refractivity contribution is 5.37. The number of rotatable bonds is 0. The second-order valence-corrected chi connectivity index (χ2v) is 2.89. The van der Waals surface area contributed by atoms with Crippen LogP contribution in [0.2, 0.25) is 0 Å². The Morgan fingerprint density at radius 3 is 1.80 bits per heavy atom. The maximum atomic E-state index is 12.2. The van der Waals surface area contributed by atoms with E-state index in [4.69, 9.17) is 0 Å². The van der Waals surface area contributed by atoms with Crippen molar-refractivity contribution in [2.45, 2.75) is 18.8 Å². The molecule has 15 heavy (non-hydrogen) atoms. The highest BCUT2D eigenvalue weighted by Crippen LogP contribution is 2.42. The highest BCUT2D eigenvalue weighted by atomic mass is 19.4. The van der Waals surface area contributed by atoms with Crippen LogP contribution in [0.25, 0.3) is 0 Å². The Hall–Kier alpha value is -1.20. The summed E-state index contributed by atoms with van der Waals surface area (Å²) in [6, 6.07) is 0. The first kappa shape index (κ1) is 11.9. The van der Waals surface area contributed by atoms with Crippen LogP contribution in [0.15, 0.2) is 35.5 Å². The van der Waals surface area contributed by atoms with Crippen LogP contribution in [0.1, 0.15) is 6.42 Å². The first-order valence-electron chi connectivity index (χ1n) is 3.93. The molecule has 0 aromatic rings. The van der Waals surface area contributed by atoms with Crippen molar-refractivity contribution in [1.29, 1.82) is 0 Å². The molecule has 0 nitrogen and oxygen atoms in total. The van der Waals surface area contributed by atoms with E-state index < -0.39 is 23.5 Å². The molecule has 0 atom stereocenters. The molecule has 1 aliphatic carbocycles. The van der Waals surface area contributed by atoms with Crippen LogP contribution in [0.4, 0.5) is 26.3 Å². The molecule has 0 fully saturated rings. The van der Waals surface area contributed by atoms with Crippen molar-refractivity contribution >= 4 is 0 Å². The van der Waals surface area contributed by atoms with Gasteiger partial charge >= 0.3 is 12.4 Å². The molecule has 0 amide bonds. The van der Waals surface area contributed by atoms with Gasteiger partial charge in [-0.1, -0.05) is 24.3 Å². The van der Waals surface area contributed by atoms with E-state index in [0.717, 1.165) is 12.2 Å². The van der Waals surface area contributed by atoms with Crippen LogP contribution in [0, 0.1) is 0 Å². The number of hydrogen-bond acceptors (Lipinski definition) is 0.